The van der Waals surface area contributed by atoms with Crippen LogP contribution in [0.5, 0.6) is 0 Å². The molecule has 0 bridgehead atoms. The van der Waals surface area contributed by atoms with Crippen LogP contribution >= 0.6 is 23.2 Å². The van der Waals surface area contributed by atoms with Gasteiger partial charge in [-0.2, -0.15) is 4.98 Å². The molecule has 26 heavy (non-hydrogen) atoms. The first kappa shape index (κ1) is 18.7. The van der Waals surface area contributed by atoms with E-state index in [-0.39, 0.29) is 12.4 Å². The molecule has 1 aliphatic rings. The lowest BCUT2D eigenvalue weighted by atomic mass is 9.92. The summed E-state index contributed by atoms with van der Waals surface area (Å²) in [5.74, 6) is 0.369. The minimum absolute atomic E-state index is 0.0826. The van der Waals surface area contributed by atoms with Crippen LogP contribution in [0, 0.1) is 0 Å². The van der Waals surface area contributed by atoms with Gasteiger partial charge in [-0.15, -0.1) is 0 Å². The minimum Gasteiger partial charge on any atom is -0.337 e. The van der Waals surface area contributed by atoms with Crippen molar-refractivity contribution in [3.63, 3.8) is 0 Å². The van der Waals surface area contributed by atoms with Crippen LogP contribution in [0.15, 0.2) is 22.7 Å². The topological polar surface area (TPSA) is 88.3 Å². The predicted molar refractivity (Wildman–Crippen MR) is 95.8 cm³/mol. The second kappa shape index (κ2) is 7.25. The van der Waals surface area contributed by atoms with Crippen molar-refractivity contribution in [3.8, 4) is 0 Å². The summed E-state index contributed by atoms with van der Waals surface area (Å²) >= 11 is 12.0. The molecule has 1 N–H and O–H groups in total. The highest BCUT2D eigenvalue weighted by Gasteiger charge is 2.49. The molecule has 2 heterocycles. The number of hydrogen-bond acceptors (Lipinski definition) is 5. The van der Waals surface area contributed by atoms with E-state index in [1.165, 1.54) is 0 Å². The fraction of sp³-hybridized carbons (Fsp3) is 0.412. The fourth-order valence-corrected chi connectivity index (χ4v) is 3.07. The smallest absolute Gasteiger partial charge is 0.325 e. The maximum absolute atomic E-state index is 12.9. The fourth-order valence-electron chi connectivity index (χ4n) is 2.77. The molecule has 7 nitrogen and oxygen atoms in total. The molecule has 138 valence electrons. The molecule has 3 rings (SSSR count). The number of hydrogen-bond donors (Lipinski definition) is 1. The third-order valence-electron chi connectivity index (χ3n) is 4.33. The van der Waals surface area contributed by atoms with Crippen LogP contribution in [0.3, 0.4) is 0 Å². The Bertz CT molecular complexity index is 854. The van der Waals surface area contributed by atoms with Gasteiger partial charge in [-0.25, -0.2) is 4.79 Å². The van der Waals surface area contributed by atoms with Gasteiger partial charge < -0.3 is 9.84 Å². The van der Waals surface area contributed by atoms with Gasteiger partial charge >= 0.3 is 6.03 Å². The molecule has 1 atom stereocenters. The molecule has 1 aromatic carbocycles. The SMILES string of the molecule is CCCCc1noc(CN2C(=O)NC(C)(c3ccc(Cl)c(Cl)c3)C2=O)n1. The van der Waals surface area contributed by atoms with Crippen molar-refractivity contribution in [2.75, 3.05) is 0 Å². The van der Waals surface area contributed by atoms with Crippen LogP contribution in [-0.4, -0.2) is 27.0 Å². The van der Waals surface area contributed by atoms with Gasteiger partial charge in [0.25, 0.3) is 5.91 Å². The summed E-state index contributed by atoms with van der Waals surface area (Å²) in [6.07, 6.45) is 2.65. The number of nitrogens with one attached hydrogen (secondary N) is 1. The van der Waals surface area contributed by atoms with Gasteiger partial charge in [0, 0.05) is 6.42 Å². The number of rotatable bonds is 6. The molecule has 9 heteroatoms. The Hall–Kier alpha value is -2.12. The van der Waals surface area contributed by atoms with E-state index in [0.29, 0.717) is 27.9 Å². The van der Waals surface area contributed by atoms with Crippen LogP contribution in [0.25, 0.3) is 0 Å². The highest BCUT2D eigenvalue weighted by Crippen LogP contribution is 2.33. The van der Waals surface area contributed by atoms with Crippen molar-refractivity contribution in [1.82, 2.24) is 20.4 Å². The number of benzene rings is 1. The van der Waals surface area contributed by atoms with E-state index in [4.69, 9.17) is 27.7 Å². The van der Waals surface area contributed by atoms with Crippen LogP contribution in [0.2, 0.25) is 10.0 Å². The second-order valence-corrected chi connectivity index (χ2v) is 7.10. The van der Waals surface area contributed by atoms with E-state index >= 15 is 0 Å². The number of urea groups is 1. The lowest BCUT2D eigenvalue weighted by molar-refractivity contribution is -0.131. The number of aryl methyl sites for hydroxylation is 1. The Kier molecular flexibility index (Phi) is 5.20. The lowest BCUT2D eigenvalue weighted by Gasteiger charge is -2.22. The van der Waals surface area contributed by atoms with Crippen molar-refractivity contribution in [1.29, 1.82) is 0 Å². The zero-order valence-electron chi connectivity index (χ0n) is 14.4. The van der Waals surface area contributed by atoms with Crippen LogP contribution in [0.1, 0.15) is 44.0 Å². The Balaban J connectivity index is 1.80. The van der Waals surface area contributed by atoms with Crippen molar-refractivity contribution >= 4 is 35.1 Å². The average molecular weight is 397 g/mol. The molecular formula is C17H18Cl2N4O3. The quantitative estimate of drug-likeness (QED) is 0.752. The summed E-state index contributed by atoms with van der Waals surface area (Å²) in [6.45, 7) is 3.60. The Morgan fingerprint density at radius 1 is 1.27 bits per heavy atom. The van der Waals surface area contributed by atoms with Crippen LogP contribution < -0.4 is 5.32 Å². The Morgan fingerprint density at radius 3 is 2.73 bits per heavy atom. The molecule has 1 fully saturated rings. The maximum atomic E-state index is 12.9. The summed E-state index contributed by atoms with van der Waals surface area (Å²) in [4.78, 5) is 30.5. The maximum Gasteiger partial charge on any atom is 0.325 e. The first-order valence-corrected chi connectivity index (χ1v) is 9.02. The lowest BCUT2D eigenvalue weighted by Crippen LogP contribution is -2.40. The summed E-state index contributed by atoms with van der Waals surface area (Å²) in [5, 5.41) is 7.26. The molecule has 2 aromatic rings. The van der Waals surface area contributed by atoms with E-state index in [9.17, 15) is 9.59 Å². The molecule has 1 unspecified atom stereocenters. The molecule has 3 amide bonds. The van der Waals surface area contributed by atoms with Gasteiger partial charge in [0.15, 0.2) is 5.82 Å². The number of unbranched alkanes of at least 4 members (excludes halogenated alkanes) is 1. The molecule has 1 saturated heterocycles. The summed E-state index contributed by atoms with van der Waals surface area (Å²) in [6, 6.07) is 4.29. The van der Waals surface area contributed by atoms with Gasteiger partial charge in [0.05, 0.1) is 10.0 Å². The molecule has 0 spiro atoms. The molecule has 1 aromatic heterocycles. The van der Waals surface area contributed by atoms with Crippen molar-refractivity contribution in [2.45, 2.75) is 45.2 Å². The first-order valence-electron chi connectivity index (χ1n) is 8.26. The molecule has 0 saturated carbocycles. The molecule has 0 radical (unpaired) electrons. The van der Waals surface area contributed by atoms with Crippen molar-refractivity contribution in [3.05, 3.63) is 45.5 Å². The Labute approximate surface area is 160 Å². The zero-order chi connectivity index (χ0) is 18.9. The van der Waals surface area contributed by atoms with E-state index in [0.717, 1.165) is 17.7 Å². The first-order chi connectivity index (χ1) is 12.3. The zero-order valence-corrected chi connectivity index (χ0v) is 15.9. The van der Waals surface area contributed by atoms with Gasteiger partial charge in [0.2, 0.25) is 5.89 Å². The minimum atomic E-state index is -1.24. The van der Waals surface area contributed by atoms with E-state index in [2.05, 4.69) is 22.4 Å². The largest absolute Gasteiger partial charge is 0.337 e. The normalized spacial score (nSPS) is 19.9. The monoisotopic (exact) mass is 396 g/mol. The number of imide groups is 1. The molecule has 1 aliphatic heterocycles. The standard InChI is InChI=1S/C17H18Cl2N4O3/c1-3-4-5-13-20-14(26-22-13)9-23-15(24)17(2,21-16(23)25)10-6-7-11(18)12(19)8-10/h6-8H,3-5,9H2,1-2H3,(H,21,25). The van der Waals surface area contributed by atoms with E-state index in [1.807, 2.05) is 0 Å². The van der Waals surface area contributed by atoms with Gasteiger partial charge in [-0.1, -0.05) is 47.8 Å². The summed E-state index contributed by atoms with van der Waals surface area (Å²) in [7, 11) is 0. The number of aromatic nitrogens is 2. The molecule has 0 aliphatic carbocycles. The number of nitrogens with zero attached hydrogens (tertiary/aromatic N) is 3. The average Bonchev–Trinajstić information content (AvgIpc) is 3.14. The Morgan fingerprint density at radius 2 is 2.04 bits per heavy atom. The summed E-state index contributed by atoms with van der Waals surface area (Å²) < 4.78 is 5.16. The highest BCUT2D eigenvalue weighted by molar-refractivity contribution is 6.42. The predicted octanol–water partition coefficient (Wildman–Crippen LogP) is 3.69. The number of carbonyl (C=O) groups excluding carboxylic acids is 2. The number of halogens is 2. The van der Waals surface area contributed by atoms with Gasteiger partial charge in [-0.3, -0.25) is 9.69 Å². The second-order valence-electron chi connectivity index (χ2n) is 6.28. The number of amides is 3. The number of carbonyl (C=O) groups is 2. The molecular weight excluding hydrogens is 379 g/mol. The van der Waals surface area contributed by atoms with Crippen LogP contribution in [0.4, 0.5) is 4.79 Å². The summed E-state index contributed by atoms with van der Waals surface area (Å²) in [5.41, 5.74) is -0.696. The van der Waals surface area contributed by atoms with E-state index in [1.54, 1.807) is 25.1 Å². The van der Waals surface area contributed by atoms with Gasteiger partial charge in [0.1, 0.15) is 12.1 Å². The third kappa shape index (κ3) is 3.41. The van der Waals surface area contributed by atoms with E-state index < -0.39 is 17.5 Å². The van der Waals surface area contributed by atoms with Crippen LogP contribution in [-0.2, 0) is 23.3 Å². The van der Waals surface area contributed by atoms with Crippen molar-refractivity contribution < 1.29 is 14.1 Å². The van der Waals surface area contributed by atoms with Crippen molar-refractivity contribution in [2.24, 2.45) is 0 Å². The third-order valence-corrected chi connectivity index (χ3v) is 5.07. The van der Waals surface area contributed by atoms with Gasteiger partial charge in [-0.05, 0) is 31.0 Å². The highest BCUT2D eigenvalue weighted by atomic mass is 35.5.